The molecule has 3 rings (SSSR count). The van der Waals surface area contributed by atoms with Crippen molar-refractivity contribution in [2.75, 3.05) is 23.4 Å². The number of anilines is 4. The van der Waals surface area contributed by atoms with Crippen molar-refractivity contribution < 1.29 is 13.9 Å². The minimum absolute atomic E-state index is 0.0196. The fraction of sp³-hybridized carbons (Fsp3) is 0.211. The van der Waals surface area contributed by atoms with Gasteiger partial charge < -0.3 is 14.5 Å². The number of hydrogen-bond acceptors (Lipinski definition) is 6. The van der Waals surface area contributed by atoms with Crippen molar-refractivity contribution in [2.45, 2.75) is 13.8 Å². The number of oxazole rings is 1. The Kier molecular flexibility index (Phi) is 5.60. The van der Waals surface area contributed by atoms with Crippen LogP contribution in [0.5, 0.6) is 0 Å². The molecule has 0 atom stereocenters. The molecule has 2 heterocycles. The maximum atomic E-state index is 11.9. The third-order valence-electron chi connectivity index (χ3n) is 3.69. The summed E-state index contributed by atoms with van der Waals surface area (Å²) < 4.78 is 10.7. The van der Waals surface area contributed by atoms with Gasteiger partial charge in [-0.05, 0) is 43.7 Å². The van der Waals surface area contributed by atoms with E-state index in [0.717, 1.165) is 16.9 Å². The molecule has 0 saturated carbocycles. The molecule has 0 aliphatic carbocycles. The largest absolute Gasteiger partial charge is 0.432 e. The number of amides is 1. The lowest BCUT2D eigenvalue weighted by atomic mass is 10.1. The smallest absolute Gasteiger partial charge is 0.306 e. The number of aromatic nitrogens is 2. The van der Waals surface area contributed by atoms with E-state index in [9.17, 15) is 4.79 Å². The van der Waals surface area contributed by atoms with Crippen LogP contribution >= 0.6 is 0 Å². The van der Waals surface area contributed by atoms with Crippen molar-refractivity contribution in [3.8, 4) is 0 Å². The summed E-state index contributed by atoms with van der Waals surface area (Å²) in [5.41, 5.74) is 3.29. The van der Waals surface area contributed by atoms with Crippen LogP contribution in [-0.4, -0.2) is 29.1 Å². The number of rotatable bonds is 7. The van der Waals surface area contributed by atoms with Crippen LogP contribution in [0.1, 0.15) is 12.5 Å². The molecule has 0 fully saturated rings. The molecule has 7 heteroatoms. The van der Waals surface area contributed by atoms with Gasteiger partial charge in [-0.25, -0.2) is 4.98 Å². The number of nitrogens with one attached hydrogen (secondary N) is 1. The summed E-state index contributed by atoms with van der Waals surface area (Å²) in [6.07, 6.45) is 6.53. The van der Waals surface area contributed by atoms with Crippen molar-refractivity contribution in [3.05, 3.63) is 60.7 Å². The summed E-state index contributed by atoms with van der Waals surface area (Å²) in [7, 11) is 0. The van der Waals surface area contributed by atoms with Crippen LogP contribution in [-0.2, 0) is 9.53 Å². The van der Waals surface area contributed by atoms with Gasteiger partial charge in [0, 0.05) is 18.5 Å². The molecular formula is C19H20N4O3. The first-order valence-corrected chi connectivity index (χ1v) is 8.27. The lowest BCUT2D eigenvalue weighted by Crippen LogP contribution is -2.19. The van der Waals surface area contributed by atoms with E-state index < -0.39 is 0 Å². The Morgan fingerprint density at radius 2 is 2.19 bits per heavy atom. The zero-order valence-corrected chi connectivity index (χ0v) is 14.7. The van der Waals surface area contributed by atoms with Crippen molar-refractivity contribution in [3.63, 3.8) is 0 Å². The van der Waals surface area contributed by atoms with Gasteiger partial charge >= 0.3 is 6.01 Å². The summed E-state index contributed by atoms with van der Waals surface area (Å²) in [6.45, 7) is 4.34. The molecule has 2 aromatic heterocycles. The second-order valence-corrected chi connectivity index (χ2v) is 5.55. The Morgan fingerprint density at radius 3 is 2.88 bits per heavy atom. The standard InChI is InChI=1S/C19H20N4O3/c1-3-25-13-18(24)22-15-7-6-14(2)17(11-15)23(19-21-9-10-26-19)16-5-4-8-20-12-16/h4-12H,3,13H2,1-2H3,(H,22,24). The van der Waals surface area contributed by atoms with E-state index in [1.165, 1.54) is 6.26 Å². The highest BCUT2D eigenvalue weighted by Gasteiger charge is 2.19. The zero-order chi connectivity index (χ0) is 18.4. The maximum Gasteiger partial charge on any atom is 0.306 e. The molecule has 0 aliphatic rings. The van der Waals surface area contributed by atoms with Crippen LogP contribution in [0.4, 0.5) is 23.1 Å². The number of pyridine rings is 1. The van der Waals surface area contributed by atoms with Crippen LogP contribution in [0.25, 0.3) is 0 Å². The summed E-state index contributed by atoms with van der Waals surface area (Å²) >= 11 is 0. The lowest BCUT2D eigenvalue weighted by Gasteiger charge is -2.23. The Bertz CT molecular complexity index is 850. The molecule has 0 radical (unpaired) electrons. The number of carbonyl (C=O) groups is 1. The van der Waals surface area contributed by atoms with Crippen LogP contribution in [0.2, 0.25) is 0 Å². The molecule has 134 valence electrons. The highest BCUT2D eigenvalue weighted by atomic mass is 16.5. The van der Waals surface area contributed by atoms with Gasteiger partial charge in [0.05, 0.1) is 23.8 Å². The first-order chi connectivity index (χ1) is 12.7. The minimum atomic E-state index is -0.203. The highest BCUT2D eigenvalue weighted by Crippen LogP contribution is 2.36. The van der Waals surface area contributed by atoms with Crippen molar-refractivity contribution in [1.82, 2.24) is 9.97 Å². The highest BCUT2D eigenvalue weighted by molar-refractivity contribution is 5.92. The molecule has 0 unspecified atom stereocenters. The lowest BCUT2D eigenvalue weighted by molar-refractivity contribution is -0.120. The predicted molar refractivity (Wildman–Crippen MR) is 98.8 cm³/mol. The third kappa shape index (κ3) is 4.07. The van der Waals surface area contributed by atoms with Gasteiger partial charge in [0.15, 0.2) is 0 Å². The van der Waals surface area contributed by atoms with Crippen molar-refractivity contribution >= 4 is 29.0 Å². The molecular weight excluding hydrogens is 332 g/mol. The Labute approximate surface area is 151 Å². The maximum absolute atomic E-state index is 11.9. The molecule has 26 heavy (non-hydrogen) atoms. The average molecular weight is 352 g/mol. The van der Waals surface area contributed by atoms with E-state index in [4.69, 9.17) is 9.15 Å². The normalized spacial score (nSPS) is 10.5. The third-order valence-corrected chi connectivity index (χ3v) is 3.69. The topological polar surface area (TPSA) is 80.5 Å². The summed E-state index contributed by atoms with van der Waals surface area (Å²) in [6, 6.07) is 9.82. The van der Waals surface area contributed by atoms with Gasteiger partial charge in [-0.15, -0.1) is 0 Å². The van der Waals surface area contributed by atoms with Gasteiger partial charge in [0.2, 0.25) is 5.91 Å². The first kappa shape index (κ1) is 17.6. The second-order valence-electron chi connectivity index (χ2n) is 5.55. The van der Waals surface area contributed by atoms with E-state index in [-0.39, 0.29) is 12.5 Å². The summed E-state index contributed by atoms with van der Waals surface area (Å²) in [5, 5.41) is 2.84. The average Bonchev–Trinajstić information content (AvgIpc) is 3.18. The fourth-order valence-corrected chi connectivity index (χ4v) is 2.48. The number of nitrogens with zero attached hydrogens (tertiary/aromatic N) is 3. The van der Waals surface area contributed by atoms with Crippen LogP contribution in [0, 0.1) is 6.92 Å². The van der Waals surface area contributed by atoms with E-state index in [1.54, 1.807) is 18.6 Å². The van der Waals surface area contributed by atoms with E-state index >= 15 is 0 Å². The van der Waals surface area contributed by atoms with Crippen molar-refractivity contribution in [1.29, 1.82) is 0 Å². The first-order valence-electron chi connectivity index (χ1n) is 8.27. The summed E-state index contributed by atoms with van der Waals surface area (Å²) in [4.78, 5) is 22.2. The molecule has 1 aromatic carbocycles. The number of aryl methyl sites for hydroxylation is 1. The number of carbonyl (C=O) groups excluding carboxylic acids is 1. The number of ether oxygens (including phenoxy) is 1. The minimum Gasteiger partial charge on any atom is -0.432 e. The SMILES string of the molecule is CCOCC(=O)Nc1ccc(C)c(N(c2cccnc2)c2ncco2)c1. The van der Waals surface area contributed by atoms with Crippen molar-refractivity contribution in [2.24, 2.45) is 0 Å². The quantitative estimate of drug-likeness (QED) is 0.696. The molecule has 0 aliphatic heterocycles. The van der Waals surface area contributed by atoms with Gasteiger partial charge in [-0.1, -0.05) is 6.07 Å². The summed E-state index contributed by atoms with van der Waals surface area (Å²) in [5.74, 6) is -0.203. The Hall–Kier alpha value is -3.19. The monoisotopic (exact) mass is 352 g/mol. The number of benzene rings is 1. The van der Waals surface area contributed by atoms with Crippen LogP contribution in [0.15, 0.2) is 59.6 Å². The van der Waals surface area contributed by atoms with Crippen LogP contribution in [0.3, 0.4) is 0 Å². The van der Waals surface area contributed by atoms with Gasteiger partial charge in [-0.3, -0.25) is 14.7 Å². The second kappa shape index (κ2) is 8.26. The zero-order valence-electron chi connectivity index (χ0n) is 14.7. The molecule has 0 saturated heterocycles. The molecule has 0 bridgehead atoms. The Morgan fingerprint density at radius 1 is 1.31 bits per heavy atom. The van der Waals surface area contributed by atoms with E-state index in [2.05, 4.69) is 15.3 Å². The van der Waals surface area contributed by atoms with E-state index in [0.29, 0.717) is 18.3 Å². The fourth-order valence-electron chi connectivity index (χ4n) is 2.48. The molecule has 7 nitrogen and oxygen atoms in total. The van der Waals surface area contributed by atoms with Crippen LogP contribution < -0.4 is 10.2 Å². The van der Waals surface area contributed by atoms with Gasteiger partial charge in [0.1, 0.15) is 12.9 Å². The van der Waals surface area contributed by atoms with E-state index in [1.807, 2.05) is 49.1 Å². The molecule has 1 N–H and O–H groups in total. The predicted octanol–water partition coefficient (Wildman–Crippen LogP) is 3.82. The molecule has 0 spiro atoms. The molecule has 1 amide bonds. The van der Waals surface area contributed by atoms with Gasteiger partial charge in [0.25, 0.3) is 0 Å². The number of hydrogen-bond donors (Lipinski definition) is 1. The van der Waals surface area contributed by atoms with Gasteiger partial charge in [-0.2, -0.15) is 0 Å². The molecule has 3 aromatic rings. The Balaban J connectivity index is 1.96.